The number of aromatic nitrogens is 5. The summed E-state index contributed by atoms with van der Waals surface area (Å²) in [6, 6.07) is 4.20. The zero-order valence-corrected chi connectivity index (χ0v) is 28.1. The highest BCUT2D eigenvalue weighted by Crippen LogP contribution is 2.51. The molecule has 1 saturated heterocycles. The number of hydrogen-bond donors (Lipinski definition) is 2. The van der Waals surface area contributed by atoms with Crippen molar-refractivity contribution >= 4 is 33.6 Å². The maximum atomic E-state index is 13.1. The number of hydrogen-bond acceptors (Lipinski definition) is 8. The molecule has 1 saturated carbocycles. The van der Waals surface area contributed by atoms with E-state index >= 15 is 0 Å². The molecular weight excluding hydrogens is 679 g/mol. The zero-order valence-electron chi connectivity index (χ0n) is 26.6. The molecule has 2 aliphatic rings. The number of unbranched alkanes of at least 4 members (excludes halogenated alkanes) is 1. The summed E-state index contributed by atoms with van der Waals surface area (Å²) in [6.07, 6.45) is 1.25. The van der Waals surface area contributed by atoms with Crippen molar-refractivity contribution in [1.29, 1.82) is 0 Å². The number of alkyl halides is 3. The normalized spacial score (nSPS) is 20.6. The van der Waals surface area contributed by atoms with Gasteiger partial charge in [-0.15, -0.1) is 5.10 Å². The summed E-state index contributed by atoms with van der Waals surface area (Å²) in [4.78, 5) is 29.9. The Morgan fingerprint density at radius 1 is 1.17 bits per heavy atom. The third-order valence-corrected chi connectivity index (χ3v) is 10.5. The molecule has 1 aliphatic carbocycles. The topological polar surface area (TPSA) is 162 Å². The zero-order chi connectivity index (χ0) is 35.0. The highest BCUT2D eigenvalue weighted by Gasteiger charge is 2.55. The summed E-state index contributed by atoms with van der Waals surface area (Å²) in [5, 5.41) is 17.6. The Morgan fingerprint density at radius 2 is 1.92 bits per heavy atom. The van der Waals surface area contributed by atoms with E-state index in [2.05, 4.69) is 15.2 Å². The van der Waals surface area contributed by atoms with Gasteiger partial charge in [0.15, 0.2) is 5.82 Å². The second-order valence-electron chi connectivity index (χ2n) is 12.9. The molecule has 48 heavy (non-hydrogen) atoms. The molecule has 5 rings (SSSR count). The van der Waals surface area contributed by atoms with E-state index < -0.39 is 45.6 Å². The number of sulfonamides is 1. The number of aryl methyl sites for hydroxylation is 2. The monoisotopic (exact) mass is 715 g/mol. The molecular formula is C30H37ClF3N7O6S. The van der Waals surface area contributed by atoms with E-state index in [9.17, 15) is 36.3 Å². The summed E-state index contributed by atoms with van der Waals surface area (Å²) in [5.74, 6) is -2.10. The number of likely N-dealkylation sites (tertiary alicyclic amines) is 1. The van der Waals surface area contributed by atoms with Gasteiger partial charge in [0.1, 0.15) is 10.0 Å². The minimum atomic E-state index is -4.31. The fourth-order valence-corrected chi connectivity index (χ4v) is 7.64. The van der Waals surface area contributed by atoms with Gasteiger partial charge in [0, 0.05) is 37.1 Å². The first-order valence-electron chi connectivity index (χ1n) is 15.5. The highest BCUT2D eigenvalue weighted by molar-refractivity contribution is 7.90. The van der Waals surface area contributed by atoms with Crippen molar-refractivity contribution in [3.63, 3.8) is 0 Å². The number of carbonyl (C=O) groups excluding carboxylic acids is 1. The molecule has 2 fully saturated rings. The SMILES string of the molecule is Cc1nn(CCCCC2CN(C(=O)O)C(C)(C)C2)cc1S(=O)(=O)NC(=O)c1ccc(-n2ccc(OCCC3CC3C(F)(F)F)n2)nc1Cl. The first kappa shape index (κ1) is 35.4. The molecule has 1 aliphatic heterocycles. The number of carbonyl (C=O) groups is 2. The number of amides is 2. The maximum absolute atomic E-state index is 13.1. The van der Waals surface area contributed by atoms with Crippen LogP contribution in [0.25, 0.3) is 5.82 Å². The number of halogens is 4. The third kappa shape index (κ3) is 8.22. The molecule has 3 atom stereocenters. The molecule has 0 aromatic carbocycles. The van der Waals surface area contributed by atoms with E-state index in [0.717, 1.165) is 19.3 Å². The number of rotatable bonds is 13. The Morgan fingerprint density at radius 3 is 2.56 bits per heavy atom. The lowest BCUT2D eigenvalue weighted by molar-refractivity contribution is -0.151. The van der Waals surface area contributed by atoms with E-state index in [-0.39, 0.29) is 58.4 Å². The van der Waals surface area contributed by atoms with Crippen LogP contribution in [0.2, 0.25) is 5.15 Å². The van der Waals surface area contributed by atoms with Crippen molar-refractivity contribution < 1.29 is 41.0 Å². The Balaban J connectivity index is 1.12. The molecule has 4 heterocycles. The predicted octanol–water partition coefficient (Wildman–Crippen LogP) is 5.46. The Kier molecular flexibility index (Phi) is 10.0. The summed E-state index contributed by atoms with van der Waals surface area (Å²) in [7, 11) is -4.31. The average molecular weight is 716 g/mol. The molecule has 3 unspecified atom stereocenters. The molecule has 3 aromatic heterocycles. The Hall–Kier alpha value is -3.86. The van der Waals surface area contributed by atoms with Crippen molar-refractivity contribution in [3.8, 4) is 11.7 Å². The second-order valence-corrected chi connectivity index (χ2v) is 14.9. The van der Waals surface area contributed by atoms with E-state index in [4.69, 9.17) is 16.3 Å². The van der Waals surface area contributed by atoms with Gasteiger partial charge in [-0.2, -0.15) is 18.3 Å². The van der Waals surface area contributed by atoms with Gasteiger partial charge in [-0.1, -0.05) is 18.0 Å². The van der Waals surface area contributed by atoms with Crippen LogP contribution in [-0.4, -0.2) is 79.8 Å². The van der Waals surface area contributed by atoms with Gasteiger partial charge in [0.25, 0.3) is 15.9 Å². The van der Waals surface area contributed by atoms with Gasteiger partial charge in [-0.25, -0.2) is 27.6 Å². The minimum Gasteiger partial charge on any atom is -0.477 e. The predicted molar refractivity (Wildman–Crippen MR) is 167 cm³/mol. The van der Waals surface area contributed by atoms with Crippen LogP contribution in [-0.2, 0) is 16.6 Å². The van der Waals surface area contributed by atoms with E-state index in [1.807, 2.05) is 18.6 Å². The third-order valence-electron chi connectivity index (χ3n) is 8.82. The summed E-state index contributed by atoms with van der Waals surface area (Å²) >= 11 is 6.24. The number of pyridine rings is 1. The van der Waals surface area contributed by atoms with Crippen molar-refractivity contribution in [2.45, 2.75) is 82.5 Å². The van der Waals surface area contributed by atoms with Crippen LogP contribution in [0.5, 0.6) is 5.88 Å². The molecule has 13 nitrogen and oxygen atoms in total. The Bertz CT molecular complexity index is 1780. The lowest BCUT2D eigenvalue weighted by Gasteiger charge is -2.28. The fraction of sp³-hybridized carbons (Fsp3) is 0.567. The van der Waals surface area contributed by atoms with Crippen molar-refractivity contribution in [2.24, 2.45) is 17.8 Å². The van der Waals surface area contributed by atoms with Crippen LogP contribution in [0.1, 0.15) is 68.4 Å². The lowest BCUT2D eigenvalue weighted by Crippen LogP contribution is -2.41. The Labute approximate surface area is 280 Å². The van der Waals surface area contributed by atoms with Crippen LogP contribution in [0.15, 0.2) is 35.5 Å². The van der Waals surface area contributed by atoms with Gasteiger partial charge in [-0.3, -0.25) is 9.48 Å². The number of nitrogens with one attached hydrogen (secondary N) is 1. The first-order valence-corrected chi connectivity index (χ1v) is 17.3. The van der Waals surface area contributed by atoms with Gasteiger partial charge in [-0.05, 0) is 76.8 Å². The molecule has 0 bridgehead atoms. The quantitative estimate of drug-likeness (QED) is 0.173. The molecule has 0 radical (unpaired) electrons. The van der Waals surface area contributed by atoms with E-state index in [1.165, 1.54) is 51.8 Å². The molecule has 2 N–H and O–H groups in total. The standard InChI is InChI=1S/C30H37ClF3N7O6S/c1-18-23(17-39(36-18)11-5-4-6-19-15-29(2,3)40(16-19)28(43)44)48(45,46)38-27(42)21-7-8-24(35-26(21)31)41-12-9-25(37-41)47-13-10-20-14-22(20)30(32,33)34/h7-9,12,17,19-20,22H,4-6,10-11,13-16H2,1-3H3,(H,38,42)(H,43,44). The number of ether oxygens (including phenoxy) is 1. The average Bonchev–Trinajstić information content (AvgIpc) is 3.28. The van der Waals surface area contributed by atoms with Crippen LogP contribution in [0.3, 0.4) is 0 Å². The highest BCUT2D eigenvalue weighted by atomic mass is 35.5. The summed E-state index contributed by atoms with van der Waals surface area (Å²) in [6.45, 7) is 6.37. The molecule has 18 heteroatoms. The first-order chi connectivity index (χ1) is 22.4. The van der Waals surface area contributed by atoms with Gasteiger partial charge < -0.3 is 14.7 Å². The fourth-order valence-electron chi connectivity index (χ4n) is 6.25. The van der Waals surface area contributed by atoms with Gasteiger partial charge in [0.05, 0.1) is 23.8 Å². The minimum absolute atomic E-state index is 0.0720. The van der Waals surface area contributed by atoms with Crippen molar-refractivity contribution in [2.75, 3.05) is 13.2 Å². The molecule has 262 valence electrons. The van der Waals surface area contributed by atoms with Crippen molar-refractivity contribution in [1.82, 2.24) is 34.2 Å². The van der Waals surface area contributed by atoms with E-state index in [1.54, 1.807) is 0 Å². The molecule has 2 amide bonds. The number of nitrogens with zero attached hydrogens (tertiary/aromatic N) is 6. The van der Waals surface area contributed by atoms with Gasteiger partial charge in [0.2, 0.25) is 5.88 Å². The molecule has 0 spiro atoms. The van der Waals surface area contributed by atoms with Crippen LogP contribution >= 0.6 is 11.6 Å². The van der Waals surface area contributed by atoms with Gasteiger partial charge >= 0.3 is 12.3 Å². The summed E-state index contributed by atoms with van der Waals surface area (Å²) < 4.78 is 74.6. The van der Waals surface area contributed by atoms with E-state index in [0.29, 0.717) is 19.5 Å². The maximum Gasteiger partial charge on any atom is 0.407 e. The smallest absolute Gasteiger partial charge is 0.407 e. The van der Waals surface area contributed by atoms with Crippen LogP contribution in [0.4, 0.5) is 18.0 Å². The largest absolute Gasteiger partial charge is 0.477 e. The summed E-state index contributed by atoms with van der Waals surface area (Å²) in [5.41, 5.74) is -0.393. The second kappa shape index (κ2) is 13.6. The molecule has 3 aromatic rings. The lowest BCUT2D eigenvalue weighted by atomic mass is 9.93. The van der Waals surface area contributed by atoms with Crippen LogP contribution in [0, 0.1) is 24.7 Å². The van der Waals surface area contributed by atoms with Crippen molar-refractivity contribution in [3.05, 3.63) is 47.0 Å². The van der Waals surface area contributed by atoms with Crippen LogP contribution < -0.4 is 9.46 Å². The number of carboxylic acid groups (broad SMARTS) is 1.